The van der Waals surface area contributed by atoms with Crippen LogP contribution in [0.25, 0.3) is 0 Å². The van der Waals surface area contributed by atoms with E-state index in [0.717, 1.165) is 27.2 Å². The monoisotopic (exact) mass is 361 g/mol. The lowest BCUT2D eigenvalue weighted by molar-refractivity contribution is 0.394. The quantitative estimate of drug-likeness (QED) is 0.566. The lowest BCUT2D eigenvalue weighted by Gasteiger charge is -2.20. The summed E-state index contributed by atoms with van der Waals surface area (Å²) in [4.78, 5) is 0. The van der Waals surface area contributed by atoms with Gasteiger partial charge in [0.05, 0.1) is 11.6 Å². The summed E-state index contributed by atoms with van der Waals surface area (Å²) >= 11 is 9.69. The molecule has 0 aliphatic rings. The molecule has 1 atom stereocenters. The van der Waals surface area contributed by atoms with E-state index in [0.29, 0.717) is 0 Å². The zero-order valence-corrected chi connectivity index (χ0v) is 15.0. The van der Waals surface area contributed by atoms with Gasteiger partial charge in [0.2, 0.25) is 0 Å². The number of methoxy groups -OCH3 is 1. The average molecular weight is 363 g/mol. The van der Waals surface area contributed by atoms with Crippen molar-refractivity contribution in [3.05, 3.63) is 27.2 Å². The van der Waals surface area contributed by atoms with E-state index in [1.54, 1.807) is 7.11 Å². The Kier molecular flexibility index (Phi) is 8.58. The lowest BCUT2D eigenvalue weighted by atomic mass is 9.99. The van der Waals surface area contributed by atoms with Crippen LogP contribution < -0.4 is 10.1 Å². The van der Waals surface area contributed by atoms with Crippen LogP contribution >= 0.6 is 27.5 Å². The van der Waals surface area contributed by atoms with E-state index in [1.165, 1.54) is 32.1 Å². The van der Waals surface area contributed by atoms with Crippen molar-refractivity contribution in [3.63, 3.8) is 0 Å². The van der Waals surface area contributed by atoms with Gasteiger partial charge in [-0.3, -0.25) is 0 Å². The first-order valence-corrected chi connectivity index (χ1v) is 8.51. The molecule has 4 heteroatoms. The van der Waals surface area contributed by atoms with Gasteiger partial charge in [-0.15, -0.1) is 0 Å². The van der Waals surface area contributed by atoms with Crippen molar-refractivity contribution in [3.8, 4) is 5.75 Å². The van der Waals surface area contributed by atoms with Crippen LogP contribution in [-0.2, 0) is 0 Å². The molecule has 1 rings (SSSR count). The van der Waals surface area contributed by atoms with E-state index in [-0.39, 0.29) is 6.04 Å². The smallest absolute Gasteiger partial charge is 0.137 e. The molecular formula is C16H25BrClNO. The highest BCUT2D eigenvalue weighted by atomic mass is 79.9. The van der Waals surface area contributed by atoms with Crippen LogP contribution in [-0.4, -0.2) is 14.2 Å². The summed E-state index contributed by atoms with van der Waals surface area (Å²) in [5.74, 6) is 0.877. The molecular weight excluding hydrogens is 338 g/mol. The second-order valence-electron chi connectivity index (χ2n) is 5.05. The molecule has 20 heavy (non-hydrogen) atoms. The van der Waals surface area contributed by atoms with Crippen molar-refractivity contribution < 1.29 is 4.74 Å². The third-order valence-electron chi connectivity index (χ3n) is 3.56. The van der Waals surface area contributed by atoms with Crippen molar-refractivity contribution in [2.24, 2.45) is 0 Å². The summed E-state index contributed by atoms with van der Waals surface area (Å²) in [6.45, 7) is 2.24. The van der Waals surface area contributed by atoms with Crippen molar-refractivity contribution >= 4 is 27.5 Å². The number of benzene rings is 1. The highest BCUT2D eigenvalue weighted by Gasteiger charge is 2.17. The number of hydrogen-bond acceptors (Lipinski definition) is 2. The number of ether oxygens (including phenoxy) is 1. The molecule has 0 fully saturated rings. The minimum Gasteiger partial charge on any atom is -0.495 e. The summed E-state index contributed by atoms with van der Waals surface area (Å²) in [6.07, 6.45) is 7.54. The van der Waals surface area contributed by atoms with Gasteiger partial charge >= 0.3 is 0 Å². The van der Waals surface area contributed by atoms with Crippen molar-refractivity contribution in [2.75, 3.05) is 14.2 Å². The van der Waals surface area contributed by atoms with Gasteiger partial charge in [-0.05, 0) is 41.5 Å². The van der Waals surface area contributed by atoms with Crippen LogP contribution in [0.5, 0.6) is 5.75 Å². The van der Waals surface area contributed by atoms with E-state index in [9.17, 15) is 0 Å². The Bertz CT molecular complexity index is 412. The van der Waals surface area contributed by atoms with E-state index in [4.69, 9.17) is 16.3 Å². The molecule has 0 aliphatic heterocycles. The predicted molar refractivity (Wildman–Crippen MR) is 90.9 cm³/mol. The Balaban J connectivity index is 2.73. The third-order valence-corrected chi connectivity index (χ3v) is 4.37. The fraction of sp³-hybridized carbons (Fsp3) is 0.625. The largest absolute Gasteiger partial charge is 0.495 e. The molecule has 0 radical (unpaired) electrons. The Morgan fingerprint density at radius 1 is 1.25 bits per heavy atom. The van der Waals surface area contributed by atoms with Crippen LogP contribution in [0.3, 0.4) is 0 Å². The van der Waals surface area contributed by atoms with Crippen molar-refractivity contribution in [2.45, 2.75) is 51.5 Å². The normalized spacial score (nSPS) is 12.4. The van der Waals surface area contributed by atoms with Crippen LogP contribution in [0.15, 0.2) is 16.6 Å². The number of unbranched alkanes of at least 4 members (excludes halogenated alkanes) is 4. The summed E-state index contributed by atoms with van der Waals surface area (Å²) in [5, 5.41) is 4.11. The second kappa shape index (κ2) is 9.64. The zero-order chi connectivity index (χ0) is 15.0. The SMILES string of the molecule is CCCCCCCC(NC)c1cc(Cl)cc(Br)c1OC. The minimum atomic E-state index is 0.279. The Morgan fingerprint density at radius 2 is 1.95 bits per heavy atom. The maximum absolute atomic E-state index is 6.17. The van der Waals surface area contributed by atoms with Gasteiger partial charge in [-0.2, -0.15) is 0 Å². The van der Waals surface area contributed by atoms with Crippen LogP contribution in [0.4, 0.5) is 0 Å². The van der Waals surface area contributed by atoms with Crippen molar-refractivity contribution in [1.29, 1.82) is 0 Å². The summed E-state index contributed by atoms with van der Waals surface area (Å²) in [5.41, 5.74) is 1.13. The van der Waals surface area contributed by atoms with E-state index < -0.39 is 0 Å². The molecule has 1 N–H and O–H groups in total. The molecule has 0 saturated carbocycles. The van der Waals surface area contributed by atoms with Gasteiger partial charge in [-0.1, -0.05) is 50.6 Å². The molecule has 1 unspecified atom stereocenters. The van der Waals surface area contributed by atoms with Gasteiger partial charge in [0, 0.05) is 16.6 Å². The van der Waals surface area contributed by atoms with Gasteiger partial charge in [0.1, 0.15) is 5.75 Å². The summed E-state index contributed by atoms with van der Waals surface area (Å²) in [7, 11) is 3.69. The van der Waals surface area contributed by atoms with Gasteiger partial charge in [0.25, 0.3) is 0 Å². The molecule has 0 spiro atoms. The zero-order valence-electron chi connectivity index (χ0n) is 12.6. The molecule has 0 aromatic heterocycles. The molecule has 114 valence electrons. The molecule has 0 bridgehead atoms. The molecule has 0 amide bonds. The van der Waals surface area contributed by atoms with Gasteiger partial charge in [-0.25, -0.2) is 0 Å². The van der Waals surface area contributed by atoms with E-state index >= 15 is 0 Å². The number of halogens is 2. The van der Waals surface area contributed by atoms with Crippen LogP contribution in [0.1, 0.15) is 57.1 Å². The third kappa shape index (κ3) is 5.27. The van der Waals surface area contributed by atoms with Gasteiger partial charge in [0.15, 0.2) is 0 Å². The fourth-order valence-corrected chi connectivity index (χ4v) is 3.46. The first kappa shape index (κ1) is 17.8. The molecule has 0 saturated heterocycles. The van der Waals surface area contributed by atoms with Crippen LogP contribution in [0, 0.1) is 0 Å². The van der Waals surface area contributed by atoms with Crippen molar-refractivity contribution in [1.82, 2.24) is 5.32 Å². The Hall–Kier alpha value is -0.250. The van der Waals surface area contributed by atoms with Gasteiger partial charge < -0.3 is 10.1 Å². The highest BCUT2D eigenvalue weighted by molar-refractivity contribution is 9.10. The predicted octanol–water partition coefficient (Wildman–Crippen LogP) is 5.73. The highest BCUT2D eigenvalue weighted by Crippen LogP contribution is 2.37. The first-order valence-electron chi connectivity index (χ1n) is 7.34. The lowest BCUT2D eigenvalue weighted by Crippen LogP contribution is -2.17. The minimum absolute atomic E-state index is 0.279. The molecule has 1 aromatic rings. The maximum Gasteiger partial charge on any atom is 0.137 e. The fourth-order valence-electron chi connectivity index (χ4n) is 2.46. The second-order valence-corrected chi connectivity index (χ2v) is 6.35. The number of rotatable bonds is 9. The molecule has 2 nitrogen and oxygen atoms in total. The Morgan fingerprint density at radius 3 is 2.55 bits per heavy atom. The van der Waals surface area contributed by atoms with Crippen LogP contribution in [0.2, 0.25) is 5.02 Å². The topological polar surface area (TPSA) is 21.3 Å². The van der Waals surface area contributed by atoms with E-state index in [1.807, 2.05) is 19.2 Å². The molecule has 1 aromatic carbocycles. The van der Waals surface area contributed by atoms with E-state index in [2.05, 4.69) is 28.2 Å². The number of nitrogens with one attached hydrogen (secondary N) is 1. The molecule has 0 heterocycles. The standard InChI is InChI=1S/C16H25BrClNO/c1-4-5-6-7-8-9-15(19-2)13-10-12(18)11-14(17)16(13)20-3/h10-11,15,19H,4-9H2,1-3H3. The number of hydrogen-bond donors (Lipinski definition) is 1. The average Bonchev–Trinajstić information content (AvgIpc) is 2.42. The summed E-state index contributed by atoms with van der Waals surface area (Å²) < 4.78 is 6.42. The Labute approximate surface area is 136 Å². The summed E-state index contributed by atoms with van der Waals surface area (Å²) in [6, 6.07) is 4.15. The first-order chi connectivity index (χ1) is 9.63. The molecule has 0 aliphatic carbocycles. The maximum atomic E-state index is 6.17.